The van der Waals surface area contributed by atoms with Gasteiger partial charge < -0.3 is 4.74 Å². The summed E-state index contributed by atoms with van der Waals surface area (Å²) >= 11 is 1.37. The van der Waals surface area contributed by atoms with Crippen molar-refractivity contribution in [2.45, 2.75) is 50.4 Å². The molecule has 12 heteroatoms. The van der Waals surface area contributed by atoms with E-state index < -0.39 is 10.0 Å². The highest BCUT2D eigenvalue weighted by Gasteiger charge is 2.29. The molecule has 0 atom stereocenters. The van der Waals surface area contributed by atoms with E-state index in [1.807, 2.05) is 13.2 Å². The van der Waals surface area contributed by atoms with Crippen LogP contribution in [-0.2, 0) is 27.9 Å². The summed E-state index contributed by atoms with van der Waals surface area (Å²) in [6.45, 7) is 2.72. The minimum atomic E-state index is -3.65. The summed E-state index contributed by atoms with van der Waals surface area (Å²) in [5, 5.41) is 5.37. The van der Waals surface area contributed by atoms with Gasteiger partial charge in [0.1, 0.15) is 12.0 Å². The first-order valence-electron chi connectivity index (χ1n) is 10.1. The molecule has 3 aromatic rings. The molecule has 4 rings (SSSR count). The van der Waals surface area contributed by atoms with Crippen molar-refractivity contribution >= 4 is 32.8 Å². The Bertz CT molecular complexity index is 1250. The lowest BCUT2D eigenvalue weighted by atomic mass is 10.2. The molecule has 3 heterocycles. The van der Waals surface area contributed by atoms with E-state index in [1.165, 1.54) is 22.7 Å². The Labute approximate surface area is 184 Å². The SMILES string of the molecule is CCOCc1cc2cnc(SC)nc2n(CCCS(=O)(=O)n2cnc(C3CC3)n2)c1=O. The van der Waals surface area contributed by atoms with Gasteiger partial charge >= 0.3 is 0 Å². The fourth-order valence-corrected chi connectivity index (χ4v) is 4.66. The van der Waals surface area contributed by atoms with Gasteiger partial charge in [-0.15, -0.1) is 9.19 Å². The van der Waals surface area contributed by atoms with E-state index in [-0.39, 0.29) is 36.8 Å². The molecule has 0 saturated heterocycles. The van der Waals surface area contributed by atoms with E-state index in [9.17, 15) is 13.2 Å². The van der Waals surface area contributed by atoms with Gasteiger partial charge in [0.2, 0.25) is 0 Å². The molecule has 166 valence electrons. The van der Waals surface area contributed by atoms with Crippen LogP contribution >= 0.6 is 11.8 Å². The summed E-state index contributed by atoms with van der Waals surface area (Å²) in [4.78, 5) is 25.9. The lowest BCUT2D eigenvalue weighted by Gasteiger charge is -2.13. The quantitative estimate of drug-likeness (QED) is 0.326. The molecule has 0 spiro atoms. The van der Waals surface area contributed by atoms with Crippen molar-refractivity contribution in [1.82, 2.24) is 28.7 Å². The highest BCUT2D eigenvalue weighted by Crippen LogP contribution is 2.37. The van der Waals surface area contributed by atoms with Gasteiger partial charge in [-0.25, -0.2) is 23.4 Å². The topological polar surface area (TPSA) is 122 Å². The Morgan fingerprint density at radius 2 is 2.10 bits per heavy atom. The summed E-state index contributed by atoms with van der Waals surface area (Å²) in [5.74, 6) is 0.695. The molecule has 1 aliphatic rings. The largest absolute Gasteiger partial charge is 0.377 e. The van der Waals surface area contributed by atoms with Crippen LogP contribution in [0.5, 0.6) is 0 Å². The van der Waals surface area contributed by atoms with Crippen molar-refractivity contribution in [3.63, 3.8) is 0 Å². The molecule has 1 saturated carbocycles. The maximum Gasteiger partial charge on any atom is 0.257 e. The molecule has 0 N–H and O–H groups in total. The predicted octanol–water partition coefficient (Wildman–Crippen LogP) is 1.79. The van der Waals surface area contributed by atoms with Gasteiger partial charge in [-0.2, -0.15) is 0 Å². The fraction of sp³-hybridized carbons (Fsp3) is 0.526. The molecule has 0 aliphatic heterocycles. The lowest BCUT2D eigenvalue weighted by molar-refractivity contribution is 0.133. The smallest absolute Gasteiger partial charge is 0.257 e. The van der Waals surface area contributed by atoms with Crippen molar-refractivity contribution in [3.05, 3.63) is 40.3 Å². The Hall–Kier alpha value is -2.31. The van der Waals surface area contributed by atoms with Crippen LogP contribution < -0.4 is 5.56 Å². The van der Waals surface area contributed by atoms with Crippen molar-refractivity contribution < 1.29 is 13.2 Å². The van der Waals surface area contributed by atoms with Crippen molar-refractivity contribution in [2.75, 3.05) is 18.6 Å². The van der Waals surface area contributed by atoms with E-state index in [2.05, 4.69) is 20.1 Å². The number of fused-ring (bicyclic) bond motifs is 1. The summed E-state index contributed by atoms with van der Waals surface area (Å²) in [7, 11) is -3.65. The molecule has 0 radical (unpaired) electrons. The van der Waals surface area contributed by atoms with Gasteiger partial charge in [-0.1, -0.05) is 11.8 Å². The van der Waals surface area contributed by atoms with Gasteiger partial charge in [0, 0.05) is 36.2 Å². The second-order valence-corrected chi connectivity index (χ2v) is 10.0. The number of hydrogen-bond donors (Lipinski definition) is 0. The van der Waals surface area contributed by atoms with Crippen LogP contribution in [0.4, 0.5) is 0 Å². The van der Waals surface area contributed by atoms with E-state index in [1.54, 1.807) is 12.3 Å². The van der Waals surface area contributed by atoms with E-state index in [4.69, 9.17) is 4.74 Å². The Morgan fingerprint density at radius 3 is 2.81 bits per heavy atom. The van der Waals surface area contributed by atoms with Crippen molar-refractivity contribution in [3.8, 4) is 0 Å². The summed E-state index contributed by atoms with van der Waals surface area (Å²) < 4.78 is 33.2. The standard InChI is InChI=1S/C19H24N6O4S2/c1-3-29-11-15-9-14-10-20-19(30-2)22-17(14)24(18(15)26)7-4-8-31(27,28)25-12-21-16(23-25)13-5-6-13/h9-10,12-13H,3-8,11H2,1-2H3. The Morgan fingerprint density at radius 1 is 1.29 bits per heavy atom. The highest BCUT2D eigenvalue weighted by molar-refractivity contribution is 7.98. The molecule has 10 nitrogen and oxygen atoms in total. The first-order chi connectivity index (χ1) is 14.9. The third kappa shape index (κ3) is 4.80. The maximum absolute atomic E-state index is 13.0. The van der Waals surface area contributed by atoms with Crippen LogP contribution in [-0.4, -0.2) is 55.7 Å². The van der Waals surface area contributed by atoms with Crippen LogP contribution in [0.3, 0.4) is 0 Å². The molecule has 1 fully saturated rings. The number of nitrogens with zero attached hydrogens (tertiary/aromatic N) is 6. The fourth-order valence-electron chi connectivity index (χ4n) is 3.25. The lowest BCUT2D eigenvalue weighted by Crippen LogP contribution is -2.27. The Kier molecular flexibility index (Phi) is 6.39. The molecule has 31 heavy (non-hydrogen) atoms. The number of aryl methyl sites for hydroxylation is 1. The van der Waals surface area contributed by atoms with Gasteiger partial charge in [0.15, 0.2) is 11.0 Å². The van der Waals surface area contributed by atoms with Crippen LogP contribution in [0.2, 0.25) is 0 Å². The zero-order valence-corrected chi connectivity index (χ0v) is 19.0. The summed E-state index contributed by atoms with van der Waals surface area (Å²) in [5.41, 5.74) is 0.739. The van der Waals surface area contributed by atoms with Gasteiger partial charge in [0.05, 0.1) is 12.4 Å². The first kappa shape index (κ1) is 21.9. The Balaban J connectivity index is 1.58. The summed E-state index contributed by atoms with van der Waals surface area (Å²) in [6.07, 6.45) is 7.01. The van der Waals surface area contributed by atoms with Crippen LogP contribution in [0.15, 0.2) is 28.5 Å². The van der Waals surface area contributed by atoms with Gasteiger partial charge in [-0.05, 0) is 38.5 Å². The molecular formula is C19H24N6O4S2. The minimum Gasteiger partial charge on any atom is -0.377 e. The summed E-state index contributed by atoms with van der Waals surface area (Å²) in [6, 6.07) is 1.74. The maximum atomic E-state index is 13.0. The number of ether oxygens (including phenoxy) is 1. The molecule has 0 aromatic carbocycles. The highest BCUT2D eigenvalue weighted by atomic mass is 32.2. The number of pyridine rings is 1. The van der Waals surface area contributed by atoms with E-state index >= 15 is 0 Å². The van der Waals surface area contributed by atoms with Gasteiger partial charge in [0.25, 0.3) is 15.6 Å². The van der Waals surface area contributed by atoms with Crippen LogP contribution in [0, 0.1) is 0 Å². The van der Waals surface area contributed by atoms with E-state index in [0.29, 0.717) is 34.2 Å². The van der Waals surface area contributed by atoms with Crippen molar-refractivity contribution in [1.29, 1.82) is 0 Å². The molecule has 0 unspecified atom stereocenters. The molecule has 3 aromatic heterocycles. The third-order valence-corrected chi connectivity index (χ3v) is 7.14. The normalized spacial score (nSPS) is 14.4. The second-order valence-electron chi connectivity index (χ2n) is 7.32. The molecule has 0 amide bonds. The van der Waals surface area contributed by atoms with E-state index in [0.717, 1.165) is 16.9 Å². The number of aromatic nitrogens is 6. The first-order valence-corrected chi connectivity index (χ1v) is 12.9. The molecule has 1 aliphatic carbocycles. The third-order valence-electron chi connectivity index (χ3n) is 5.02. The average molecular weight is 465 g/mol. The zero-order valence-electron chi connectivity index (χ0n) is 17.4. The number of hydrogen-bond acceptors (Lipinski definition) is 9. The molecular weight excluding hydrogens is 440 g/mol. The zero-order chi connectivity index (χ0) is 22.0. The van der Waals surface area contributed by atoms with Crippen molar-refractivity contribution in [2.24, 2.45) is 0 Å². The predicted molar refractivity (Wildman–Crippen MR) is 117 cm³/mol. The second kappa shape index (κ2) is 9.05. The number of rotatable bonds is 10. The van der Waals surface area contributed by atoms with Gasteiger partial charge in [-0.3, -0.25) is 9.36 Å². The van der Waals surface area contributed by atoms with Crippen LogP contribution in [0.25, 0.3) is 11.0 Å². The van der Waals surface area contributed by atoms with Crippen LogP contribution in [0.1, 0.15) is 43.5 Å². The number of thioether (sulfide) groups is 1. The minimum absolute atomic E-state index is 0.162. The monoisotopic (exact) mass is 464 g/mol. The average Bonchev–Trinajstić information content (AvgIpc) is 3.49. The molecule has 0 bridgehead atoms.